The summed E-state index contributed by atoms with van der Waals surface area (Å²) in [6.45, 7) is 0.871. The first kappa shape index (κ1) is 18.8. The van der Waals surface area contributed by atoms with Gasteiger partial charge in [-0.1, -0.05) is 12.1 Å². The predicted molar refractivity (Wildman–Crippen MR) is 100 cm³/mol. The van der Waals surface area contributed by atoms with E-state index in [0.29, 0.717) is 18.8 Å². The Hall–Kier alpha value is -2.96. The topological polar surface area (TPSA) is 116 Å². The molecule has 27 heavy (non-hydrogen) atoms. The lowest BCUT2D eigenvalue weighted by molar-refractivity contribution is -0.384. The maximum absolute atomic E-state index is 12.6. The van der Waals surface area contributed by atoms with E-state index in [1.807, 2.05) is 0 Å². The molecule has 0 bridgehead atoms. The minimum atomic E-state index is -3.73. The van der Waals surface area contributed by atoms with Crippen molar-refractivity contribution in [1.29, 1.82) is 5.26 Å². The fraction of sp³-hybridized carbons (Fsp3) is 0.278. The van der Waals surface area contributed by atoms with Crippen molar-refractivity contribution in [2.45, 2.75) is 24.2 Å². The Bertz CT molecular complexity index is 991. The Morgan fingerprint density at radius 1 is 1.15 bits per heavy atom. The molecule has 0 atom stereocenters. The van der Waals surface area contributed by atoms with Crippen LogP contribution in [0.4, 0.5) is 17.1 Å². The van der Waals surface area contributed by atoms with E-state index in [1.54, 1.807) is 24.3 Å². The van der Waals surface area contributed by atoms with Crippen molar-refractivity contribution >= 4 is 27.1 Å². The zero-order valence-electron chi connectivity index (χ0n) is 14.5. The van der Waals surface area contributed by atoms with Gasteiger partial charge in [0.1, 0.15) is 5.69 Å². The second kappa shape index (κ2) is 7.73. The van der Waals surface area contributed by atoms with E-state index < -0.39 is 14.9 Å². The Morgan fingerprint density at radius 2 is 1.81 bits per heavy atom. The highest BCUT2D eigenvalue weighted by molar-refractivity contribution is 7.89. The quantitative estimate of drug-likeness (QED) is 0.602. The third kappa shape index (κ3) is 4.07. The van der Waals surface area contributed by atoms with Crippen LogP contribution in [0.3, 0.4) is 0 Å². The SMILES string of the molecule is N#CCc1ccc(Nc2ccc(S(=O)(=O)N3CCCC3)cc2[N+](=O)[O-])cc1. The largest absolute Gasteiger partial charge is 0.350 e. The van der Waals surface area contributed by atoms with Crippen LogP contribution in [0, 0.1) is 21.4 Å². The fourth-order valence-corrected chi connectivity index (χ4v) is 4.50. The van der Waals surface area contributed by atoms with Crippen LogP contribution in [0.25, 0.3) is 0 Å². The van der Waals surface area contributed by atoms with Gasteiger partial charge in [-0.2, -0.15) is 9.57 Å². The second-order valence-electron chi connectivity index (χ2n) is 6.20. The van der Waals surface area contributed by atoms with E-state index in [0.717, 1.165) is 24.5 Å². The lowest BCUT2D eigenvalue weighted by Crippen LogP contribution is -2.27. The molecule has 0 saturated carbocycles. The van der Waals surface area contributed by atoms with Crippen molar-refractivity contribution in [1.82, 2.24) is 4.31 Å². The molecular formula is C18H18N4O4S. The molecule has 1 aliphatic heterocycles. The molecule has 1 heterocycles. The molecule has 1 fully saturated rings. The highest BCUT2D eigenvalue weighted by atomic mass is 32.2. The van der Waals surface area contributed by atoms with Crippen molar-refractivity contribution in [3.05, 3.63) is 58.1 Å². The molecular weight excluding hydrogens is 368 g/mol. The van der Waals surface area contributed by atoms with Crippen molar-refractivity contribution in [2.24, 2.45) is 0 Å². The van der Waals surface area contributed by atoms with Gasteiger partial charge in [0.15, 0.2) is 0 Å². The van der Waals surface area contributed by atoms with Crippen LogP contribution in [0.2, 0.25) is 0 Å². The molecule has 8 nitrogen and oxygen atoms in total. The first-order valence-corrected chi connectivity index (χ1v) is 9.87. The van der Waals surface area contributed by atoms with Crippen LogP contribution in [0.5, 0.6) is 0 Å². The lowest BCUT2D eigenvalue weighted by atomic mass is 10.1. The van der Waals surface area contributed by atoms with Crippen LogP contribution in [0.15, 0.2) is 47.4 Å². The van der Waals surface area contributed by atoms with Gasteiger partial charge in [-0.3, -0.25) is 10.1 Å². The molecule has 0 unspecified atom stereocenters. The summed E-state index contributed by atoms with van der Waals surface area (Å²) in [6.07, 6.45) is 1.87. The smallest absolute Gasteiger partial charge is 0.294 e. The molecule has 0 aromatic heterocycles. The third-order valence-electron chi connectivity index (χ3n) is 4.38. The van der Waals surface area contributed by atoms with Crippen molar-refractivity contribution < 1.29 is 13.3 Å². The number of nitriles is 1. The number of hydrogen-bond donors (Lipinski definition) is 1. The number of nitrogens with one attached hydrogen (secondary N) is 1. The summed E-state index contributed by atoms with van der Waals surface area (Å²) in [7, 11) is -3.73. The van der Waals surface area contributed by atoms with Crippen LogP contribution in [0.1, 0.15) is 18.4 Å². The standard InChI is InChI=1S/C18H18N4O4S/c19-10-9-14-3-5-15(6-4-14)20-17-8-7-16(13-18(17)22(23)24)27(25,26)21-11-1-2-12-21/h3-8,13,20H,1-2,9,11-12H2. The number of hydrogen-bond acceptors (Lipinski definition) is 6. The molecule has 9 heteroatoms. The Morgan fingerprint density at radius 3 is 2.41 bits per heavy atom. The van der Waals surface area contributed by atoms with Gasteiger partial charge in [0, 0.05) is 24.8 Å². The second-order valence-corrected chi connectivity index (χ2v) is 8.14. The van der Waals surface area contributed by atoms with Gasteiger partial charge in [0.2, 0.25) is 10.0 Å². The summed E-state index contributed by atoms with van der Waals surface area (Å²) in [4.78, 5) is 10.8. The number of benzene rings is 2. The molecule has 0 spiro atoms. The van der Waals surface area contributed by atoms with Gasteiger partial charge in [0.05, 0.1) is 22.3 Å². The fourth-order valence-electron chi connectivity index (χ4n) is 2.96. The summed E-state index contributed by atoms with van der Waals surface area (Å²) >= 11 is 0. The summed E-state index contributed by atoms with van der Waals surface area (Å²) < 4.78 is 26.6. The molecule has 3 rings (SSSR count). The predicted octanol–water partition coefficient (Wildman–Crippen LogP) is 3.19. The van der Waals surface area contributed by atoms with Crippen molar-refractivity contribution in [3.63, 3.8) is 0 Å². The Kier molecular flexibility index (Phi) is 5.39. The van der Waals surface area contributed by atoms with E-state index in [4.69, 9.17) is 5.26 Å². The number of anilines is 2. The summed E-state index contributed by atoms with van der Waals surface area (Å²) in [5.41, 5.74) is 1.34. The van der Waals surface area contributed by atoms with E-state index in [1.165, 1.54) is 16.4 Å². The Balaban J connectivity index is 1.90. The number of nitro groups is 1. The van der Waals surface area contributed by atoms with Gasteiger partial charge in [-0.25, -0.2) is 8.42 Å². The molecule has 2 aromatic rings. The molecule has 0 radical (unpaired) electrons. The average Bonchev–Trinajstić information content (AvgIpc) is 3.19. The molecule has 140 valence electrons. The maximum Gasteiger partial charge on any atom is 0.294 e. The third-order valence-corrected chi connectivity index (χ3v) is 6.28. The minimum Gasteiger partial charge on any atom is -0.350 e. The molecule has 0 amide bonds. The number of rotatable bonds is 6. The number of sulfonamides is 1. The highest BCUT2D eigenvalue weighted by Crippen LogP contribution is 2.32. The van der Waals surface area contributed by atoms with Gasteiger partial charge in [0.25, 0.3) is 5.69 Å². The maximum atomic E-state index is 12.6. The Labute approximate surface area is 157 Å². The lowest BCUT2D eigenvalue weighted by Gasteiger charge is -2.16. The number of nitrogens with zero attached hydrogens (tertiary/aromatic N) is 3. The summed E-state index contributed by atoms with van der Waals surface area (Å²) in [6, 6.07) is 12.9. The van der Waals surface area contributed by atoms with E-state index in [-0.39, 0.29) is 22.7 Å². The first-order valence-electron chi connectivity index (χ1n) is 8.43. The monoisotopic (exact) mass is 386 g/mol. The minimum absolute atomic E-state index is 0.0778. The molecule has 1 aliphatic rings. The van der Waals surface area contributed by atoms with Gasteiger partial charge in [-0.05, 0) is 42.7 Å². The van der Waals surface area contributed by atoms with E-state index in [2.05, 4.69) is 11.4 Å². The normalized spacial score (nSPS) is 14.6. The van der Waals surface area contributed by atoms with Crippen LogP contribution >= 0.6 is 0 Å². The van der Waals surface area contributed by atoms with Gasteiger partial charge >= 0.3 is 0 Å². The zero-order chi connectivity index (χ0) is 19.4. The highest BCUT2D eigenvalue weighted by Gasteiger charge is 2.29. The van der Waals surface area contributed by atoms with Gasteiger partial charge < -0.3 is 5.32 Å². The van der Waals surface area contributed by atoms with Crippen LogP contribution < -0.4 is 5.32 Å². The van der Waals surface area contributed by atoms with Crippen LogP contribution in [-0.4, -0.2) is 30.7 Å². The molecule has 1 N–H and O–H groups in total. The van der Waals surface area contributed by atoms with E-state index >= 15 is 0 Å². The average molecular weight is 386 g/mol. The summed E-state index contributed by atoms with van der Waals surface area (Å²) in [5.74, 6) is 0. The van der Waals surface area contributed by atoms with Crippen molar-refractivity contribution in [2.75, 3.05) is 18.4 Å². The summed E-state index contributed by atoms with van der Waals surface area (Å²) in [5, 5.41) is 23.1. The van der Waals surface area contributed by atoms with E-state index in [9.17, 15) is 18.5 Å². The molecule has 2 aromatic carbocycles. The van der Waals surface area contributed by atoms with Crippen molar-refractivity contribution in [3.8, 4) is 6.07 Å². The zero-order valence-corrected chi connectivity index (χ0v) is 15.3. The number of nitro benzene ring substituents is 1. The molecule has 1 saturated heterocycles. The first-order chi connectivity index (χ1) is 12.9. The van der Waals surface area contributed by atoms with Crippen LogP contribution in [-0.2, 0) is 16.4 Å². The molecule has 0 aliphatic carbocycles. The van der Waals surface area contributed by atoms with Gasteiger partial charge in [-0.15, -0.1) is 0 Å².